The van der Waals surface area contributed by atoms with E-state index in [1.165, 1.54) is 17.8 Å². The molecule has 0 bridgehead atoms. The average Bonchev–Trinajstić information content (AvgIpc) is 2.82. The monoisotopic (exact) mass is 304 g/mol. The minimum Gasteiger partial charge on any atom is -0.354 e. The third kappa shape index (κ3) is 2.43. The van der Waals surface area contributed by atoms with E-state index in [4.69, 9.17) is 34.8 Å². The Kier molecular flexibility index (Phi) is 3.75. The van der Waals surface area contributed by atoms with Crippen molar-refractivity contribution in [1.82, 2.24) is 20.1 Å². The molecule has 2 aromatic heterocycles. The second kappa shape index (κ2) is 5.14. The van der Waals surface area contributed by atoms with Crippen molar-refractivity contribution >= 4 is 40.7 Å². The maximum atomic E-state index is 11.4. The van der Waals surface area contributed by atoms with Crippen LogP contribution in [0.25, 0.3) is 5.82 Å². The SMILES string of the molecule is CNC(=O)c1ccn(-c2nc(Cl)c(Cl)cc2Cl)n1. The Balaban J connectivity index is 2.46. The first-order chi connectivity index (χ1) is 8.52. The predicted octanol–water partition coefficient (Wildman–Crippen LogP) is 2.59. The molecule has 18 heavy (non-hydrogen) atoms. The summed E-state index contributed by atoms with van der Waals surface area (Å²) in [5, 5.41) is 7.16. The zero-order valence-corrected chi connectivity index (χ0v) is 11.4. The molecule has 0 aromatic carbocycles. The number of nitrogens with zero attached hydrogens (tertiary/aromatic N) is 3. The van der Waals surface area contributed by atoms with Gasteiger partial charge in [0.15, 0.2) is 11.5 Å². The van der Waals surface area contributed by atoms with Crippen LogP contribution in [-0.4, -0.2) is 27.7 Å². The number of rotatable bonds is 2. The molecule has 1 N–H and O–H groups in total. The summed E-state index contributed by atoms with van der Waals surface area (Å²) in [6, 6.07) is 3.01. The average molecular weight is 306 g/mol. The van der Waals surface area contributed by atoms with Gasteiger partial charge in [-0.3, -0.25) is 4.79 Å². The summed E-state index contributed by atoms with van der Waals surface area (Å²) < 4.78 is 1.36. The smallest absolute Gasteiger partial charge is 0.271 e. The van der Waals surface area contributed by atoms with Crippen LogP contribution in [0.4, 0.5) is 0 Å². The number of carbonyl (C=O) groups is 1. The Morgan fingerprint density at radius 1 is 1.33 bits per heavy atom. The topological polar surface area (TPSA) is 59.8 Å². The molecule has 2 aromatic rings. The lowest BCUT2D eigenvalue weighted by atomic mass is 10.4. The van der Waals surface area contributed by atoms with E-state index in [1.807, 2.05) is 0 Å². The molecule has 0 fully saturated rings. The van der Waals surface area contributed by atoms with Crippen LogP contribution in [0.5, 0.6) is 0 Å². The van der Waals surface area contributed by atoms with Crippen LogP contribution in [0, 0.1) is 0 Å². The van der Waals surface area contributed by atoms with Gasteiger partial charge in [-0.25, -0.2) is 9.67 Å². The minimum atomic E-state index is -0.301. The molecule has 0 atom stereocenters. The van der Waals surface area contributed by atoms with Gasteiger partial charge in [-0.1, -0.05) is 34.8 Å². The summed E-state index contributed by atoms with van der Waals surface area (Å²) in [6.07, 6.45) is 1.56. The second-order valence-corrected chi connectivity index (χ2v) is 4.46. The first-order valence-electron chi connectivity index (χ1n) is 4.82. The van der Waals surface area contributed by atoms with Crippen molar-refractivity contribution in [3.63, 3.8) is 0 Å². The number of hydrogen-bond donors (Lipinski definition) is 1. The third-order valence-corrected chi connectivity index (χ3v) is 3.09. The van der Waals surface area contributed by atoms with Crippen molar-refractivity contribution in [3.8, 4) is 5.82 Å². The molecule has 0 saturated carbocycles. The van der Waals surface area contributed by atoms with Gasteiger partial charge in [-0.15, -0.1) is 0 Å². The van der Waals surface area contributed by atoms with E-state index in [0.29, 0.717) is 5.82 Å². The molecule has 5 nitrogen and oxygen atoms in total. The number of halogens is 3. The quantitative estimate of drug-likeness (QED) is 0.868. The first-order valence-corrected chi connectivity index (χ1v) is 5.96. The Hall–Kier alpha value is -1.30. The molecule has 0 spiro atoms. The third-order valence-electron chi connectivity index (χ3n) is 2.13. The van der Waals surface area contributed by atoms with E-state index in [-0.39, 0.29) is 26.8 Å². The van der Waals surface area contributed by atoms with Crippen molar-refractivity contribution in [1.29, 1.82) is 0 Å². The summed E-state index contributed by atoms with van der Waals surface area (Å²) >= 11 is 17.6. The number of pyridine rings is 1. The van der Waals surface area contributed by atoms with Crippen LogP contribution in [0.3, 0.4) is 0 Å². The molecular weight excluding hydrogens is 298 g/mol. The zero-order valence-electron chi connectivity index (χ0n) is 9.12. The van der Waals surface area contributed by atoms with Crippen molar-refractivity contribution < 1.29 is 4.79 Å². The normalized spacial score (nSPS) is 10.4. The molecular formula is C10H7Cl3N4O. The minimum absolute atomic E-state index is 0.119. The van der Waals surface area contributed by atoms with Crippen LogP contribution in [-0.2, 0) is 0 Å². The molecule has 2 rings (SSSR count). The van der Waals surface area contributed by atoms with Gasteiger partial charge in [0.25, 0.3) is 5.91 Å². The molecule has 8 heteroatoms. The van der Waals surface area contributed by atoms with Gasteiger partial charge in [0.05, 0.1) is 10.0 Å². The lowest BCUT2D eigenvalue weighted by Crippen LogP contribution is -2.18. The first kappa shape index (κ1) is 13.1. The van der Waals surface area contributed by atoms with E-state index in [9.17, 15) is 4.79 Å². The summed E-state index contributed by atoms with van der Waals surface area (Å²) in [4.78, 5) is 15.4. The van der Waals surface area contributed by atoms with E-state index in [2.05, 4.69) is 15.4 Å². The van der Waals surface area contributed by atoms with Crippen LogP contribution < -0.4 is 5.32 Å². The number of amides is 1. The Morgan fingerprint density at radius 3 is 2.72 bits per heavy atom. The number of nitrogens with one attached hydrogen (secondary N) is 1. The van der Waals surface area contributed by atoms with Gasteiger partial charge in [-0.05, 0) is 12.1 Å². The number of aromatic nitrogens is 3. The van der Waals surface area contributed by atoms with E-state index in [1.54, 1.807) is 12.3 Å². The summed E-state index contributed by atoms with van der Waals surface area (Å²) in [5.41, 5.74) is 0.251. The van der Waals surface area contributed by atoms with Crippen LogP contribution in [0.1, 0.15) is 10.5 Å². The Labute approximate surface area is 118 Å². The van der Waals surface area contributed by atoms with E-state index in [0.717, 1.165) is 0 Å². The Bertz CT molecular complexity index is 611. The molecule has 94 valence electrons. The van der Waals surface area contributed by atoms with Crippen LogP contribution in [0.15, 0.2) is 18.3 Å². The number of carbonyl (C=O) groups excluding carboxylic acids is 1. The summed E-state index contributed by atoms with van der Waals surface area (Å²) in [6.45, 7) is 0. The highest BCUT2D eigenvalue weighted by molar-refractivity contribution is 6.42. The van der Waals surface area contributed by atoms with Crippen molar-refractivity contribution in [2.24, 2.45) is 0 Å². The molecule has 1 amide bonds. The highest BCUT2D eigenvalue weighted by Crippen LogP contribution is 2.27. The molecule has 2 heterocycles. The van der Waals surface area contributed by atoms with E-state index >= 15 is 0 Å². The Morgan fingerprint density at radius 2 is 2.06 bits per heavy atom. The molecule has 0 radical (unpaired) electrons. The lowest BCUT2D eigenvalue weighted by molar-refractivity contribution is 0.0957. The molecule has 0 aliphatic carbocycles. The zero-order chi connectivity index (χ0) is 13.3. The van der Waals surface area contributed by atoms with Crippen LogP contribution in [0.2, 0.25) is 15.2 Å². The fourth-order valence-corrected chi connectivity index (χ4v) is 1.87. The van der Waals surface area contributed by atoms with Gasteiger partial charge in [0, 0.05) is 13.2 Å². The molecule has 0 aliphatic rings. The summed E-state index contributed by atoms with van der Waals surface area (Å²) in [7, 11) is 1.52. The lowest BCUT2D eigenvalue weighted by Gasteiger charge is -2.04. The molecule has 0 unspecified atom stereocenters. The van der Waals surface area contributed by atoms with Gasteiger partial charge in [0.2, 0.25) is 0 Å². The largest absolute Gasteiger partial charge is 0.354 e. The summed E-state index contributed by atoms with van der Waals surface area (Å²) in [5.74, 6) is 0.00570. The standard InChI is InChI=1S/C10H7Cl3N4O/c1-14-10(18)7-2-3-17(16-7)9-6(12)4-5(11)8(13)15-9/h2-4H,1H3,(H,14,18). The molecule has 0 aliphatic heterocycles. The fourth-order valence-electron chi connectivity index (χ4n) is 1.29. The predicted molar refractivity (Wildman–Crippen MR) is 69.8 cm³/mol. The maximum absolute atomic E-state index is 11.4. The van der Waals surface area contributed by atoms with Crippen molar-refractivity contribution in [3.05, 3.63) is 39.2 Å². The van der Waals surface area contributed by atoms with Crippen LogP contribution >= 0.6 is 34.8 Å². The van der Waals surface area contributed by atoms with Crippen molar-refractivity contribution in [2.45, 2.75) is 0 Å². The number of hydrogen-bond acceptors (Lipinski definition) is 3. The second-order valence-electron chi connectivity index (χ2n) is 3.29. The van der Waals surface area contributed by atoms with Gasteiger partial charge in [-0.2, -0.15) is 5.10 Å². The van der Waals surface area contributed by atoms with E-state index < -0.39 is 0 Å². The van der Waals surface area contributed by atoms with Crippen molar-refractivity contribution in [2.75, 3.05) is 7.05 Å². The highest BCUT2D eigenvalue weighted by atomic mass is 35.5. The molecule has 0 saturated heterocycles. The van der Waals surface area contributed by atoms with Gasteiger partial charge >= 0.3 is 0 Å². The fraction of sp³-hybridized carbons (Fsp3) is 0.100. The highest BCUT2D eigenvalue weighted by Gasteiger charge is 2.13. The van der Waals surface area contributed by atoms with Gasteiger partial charge in [0.1, 0.15) is 5.15 Å². The maximum Gasteiger partial charge on any atom is 0.271 e. The van der Waals surface area contributed by atoms with Gasteiger partial charge < -0.3 is 5.32 Å².